The number of aldehydes is 1. The number of hydrogen-bond acceptors (Lipinski definition) is 3. The van der Waals surface area contributed by atoms with E-state index in [0.29, 0.717) is 30.6 Å². The first-order valence-electron chi connectivity index (χ1n) is 9.27. The SMILES string of the molecule is C[C@]1(C=O)C[C@@H](O)C2C(CCC3=CC(=O)CC[C@@]32C)C1C1CC1. The van der Waals surface area contributed by atoms with Gasteiger partial charge in [-0.05, 0) is 73.7 Å². The molecule has 0 aromatic rings. The maximum Gasteiger partial charge on any atom is 0.155 e. The fourth-order valence-electron chi connectivity index (χ4n) is 6.47. The Morgan fingerprint density at radius 1 is 1.17 bits per heavy atom. The van der Waals surface area contributed by atoms with Crippen molar-refractivity contribution in [2.75, 3.05) is 0 Å². The summed E-state index contributed by atoms with van der Waals surface area (Å²) in [4.78, 5) is 23.7. The molecule has 0 amide bonds. The van der Waals surface area contributed by atoms with E-state index in [-0.39, 0.29) is 22.5 Å². The molecule has 3 fully saturated rings. The van der Waals surface area contributed by atoms with Crippen LogP contribution in [0.15, 0.2) is 11.6 Å². The largest absolute Gasteiger partial charge is 0.393 e. The Hall–Kier alpha value is -0.960. The van der Waals surface area contributed by atoms with Crippen molar-refractivity contribution in [3.05, 3.63) is 11.6 Å². The summed E-state index contributed by atoms with van der Waals surface area (Å²) in [6, 6.07) is 0. The molecule has 4 aliphatic carbocycles. The number of carbonyl (C=O) groups excluding carboxylic acids is 2. The number of carbonyl (C=O) groups is 2. The zero-order valence-electron chi connectivity index (χ0n) is 14.3. The smallest absolute Gasteiger partial charge is 0.155 e. The van der Waals surface area contributed by atoms with Crippen LogP contribution in [-0.2, 0) is 9.59 Å². The lowest BCUT2D eigenvalue weighted by Gasteiger charge is -2.59. The van der Waals surface area contributed by atoms with Gasteiger partial charge in [-0.3, -0.25) is 4.79 Å². The molecule has 0 radical (unpaired) electrons. The van der Waals surface area contributed by atoms with Gasteiger partial charge in [-0.25, -0.2) is 0 Å². The second-order valence-electron chi connectivity index (χ2n) is 9.04. The van der Waals surface area contributed by atoms with E-state index in [1.807, 2.05) is 6.08 Å². The van der Waals surface area contributed by atoms with Gasteiger partial charge in [-0.1, -0.05) is 19.4 Å². The average Bonchev–Trinajstić information content (AvgIpc) is 3.32. The van der Waals surface area contributed by atoms with E-state index in [1.165, 1.54) is 18.4 Å². The quantitative estimate of drug-likeness (QED) is 0.795. The Morgan fingerprint density at radius 3 is 2.57 bits per heavy atom. The summed E-state index contributed by atoms with van der Waals surface area (Å²) in [5.74, 6) is 1.98. The first-order chi connectivity index (χ1) is 10.9. The van der Waals surface area contributed by atoms with Crippen LogP contribution in [0.25, 0.3) is 0 Å². The van der Waals surface area contributed by atoms with Crippen molar-refractivity contribution in [1.29, 1.82) is 0 Å². The Morgan fingerprint density at radius 2 is 1.91 bits per heavy atom. The van der Waals surface area contributed by atoms with Crippen LogP contribution < -0.4 is 0 Å². The minimum Gasteiger partial charge on any atom is -0.393 e. The Bertz CT molecular complexity index is 575. The third kappa shape index (κ3) is 2.19. The number of fused-ring (bicyclic) bond motifs is 3. The second-order valence-corrected chi connectivity index (χ2v) is 9.04. The van der Waals surface area contributed by atoms with Gasteiger partial charge in [0.2, 0.25) is 0 Å². The molecular weight excluding hydrogens is 288 g/mol. The molecule has 4 aliphatic rings. The van der Waals surface area contributed by atoms with Crippen molar-refractivity contribution in [2.24, 2.45) is 34.5 Å². The summed E-state index contributed by atoms with van der Waals surface area (Å²) < 4.78 is 0. The summed E-state index contributed by atoms with van der Waals surface area (Å²) in [6.07, 6.45) is 9.12. The van der Waals surface area contributed by atoms with Gasteiger partial charge in [0.1, 0.15) is 6.29 Å². The molecule has 6 atom stereocenters. The third-order valence-electron chi connectivity index (χ3n) is 7.59. The lowest BCUT2D eigenvalue weighted by molar-refractivity contribution is -0.150. The molecule has 4 rings (SSSR count). The van der Waals surface area contributed by atoms with Crippen molar-refractivity contribution in [3.63, 3.8) is 0 Å². The van der Waals surface area contributed by atoms with Crippen LogP contribution >= 0.6 is 0 Å². The molecule has 126 valence electrons. The van der Waals surface area contributed by atoms with E-state index in [0.717, 1.165) is 25.5 Å². The fraction of sp³-hybridized carbons (Fsp3) is 0.800. The number of rotatable bonds is 2. The van der Waals surface area contributed by atoms with Gasteiger partial charge < -0.3 is 9.90 Å². The summed E-state index contributed by atoms with van der Waals surface area (Å²) in [5, 5.41) is 11.0. The third-order valence-corrected chi connectivity index (χ3v) is 7.59. The van der Waals surface area contributed by atoms with Crippen LogP contribution in [0, 0.1) is 34.5 Å². The molecule has 3 nitrogen and oxygen atoms in total. The normalized spacial score (nSPS) is 49.9. The minimum atomic E-state index is -0.424. The molecule has 1 N–H and O–H groups in total. The van der Waals surface area contributed by atoms with E-state index in [9.17, 15) is 14.7 Å². The van der Waals surface area contributed by atoms with E-state index in [2.05, 4.69) is 13.8 Å². The maximum atomic E-state index is 11.9. The molecule has 0 aromatic heterocycles. The number of ketones is 1. The van der Waals surface area contributed by atoms with Crippen LogP contribution in [0.2, 0.25) is 0 Å². The van der Waals surface area contributed by atoms with Gasteiger partial charge >= 0.3 is 0 Å². The molecule has 3 heteroatoms. The highest BCUT2D eigenvalue weighted by Gasteiger charge is 2.61. The zero-order valence-corrected chi connectivity index (χ0v) is 14.3. The molecule has 0 saturated heterocycles. The van der Waals surface area contributed by atoms with E-state index >= 15 is 0 Å². The number of hydrogen-bond donors (Lipinski definition) is 1. The van der Waals surface area contributed by atoms with Gasteiger partial charge in [0.15, 0.2) is 5.78 Å². The van der Waals surface area contributed by atoms with E-state index in [1.54, 1.807) is 0 Å². The predicted molar refractivity (Wildman–Crippen MR) is 87.7 cm³/mol. The Labute approximate surface area is 138 Å². The van der Waals surface area contributed by atoms with Crippen LogP contribution in [0.1, 0.15) is 58.8 Å². The lowest BCUT2D eigenvalue weighted by atomic mass is 9.45. The molecule has 23 heavy (non-hydrogen) atoms. The average molecular weight is 316 g/mol. The summed E-state index contributed by atoms with van der Waals surface area (Å²) in [7, 11) is 0. The number of aliphatic hydroxyl groups is 1. The highest BCUT2D eigenvalue weighted by molar-refractivity contribution is 5.91. The Balaban J connectivity index is 1.75. The first-order valence-corrected chi connectivity index (χ1v) is 9.27. The molecule has 0 heterocycles. The zero-order chi connectivity index (χ0) is 16.4. The standard InChI is InChI=1S/C20H28O3/c1-19(11-21)10-16(23)18-15(17(19)12-3-4-12)6-5-13-9-14(22)7-8-20(13,18)2/h9,11-12,15-18,23H,3-8,10H2,1-2H3/t15?,16-,17?,18?,19-,20+/m1/s1. The highest BCUT2D eigenvalue weighted by Crippen LogP contribution is 2.64. The molecule has 0 bridgehead atoms. The van der Waals surface area contributed by atoms with E-state index < -0.39 is 6.10 Å². The minimum absolute atomic E-state index is 0.0480. The maximum absolute atomic E-state index is 11.9. The first kappa shape index (κ1) is 15.6. The molecule has 3 unspecified atom stereocenters. The van der Waals surface area contributed by atoms with Gasteiger partial charge in [0.25, 0.3) is 0 Å². The van der Waals surface area contributed by atoms with Crippen molar-refractivity contribution in [3.8, 4) is 0 Å². The van der Waals surface area contributed by atoms with Gasteiger partial charge in [0.05, 0.1) is 6.10 Å². The molecule has 0 spiro atoms. The summed E-state index contributed by atoms with van der Waals surface area (Å²) in [5.41, 5.74) is 0.843. The van der Waals surface area contributed by atoms with Crippen LogP contribution in [0.4, 0.5) is 0 Å². The van der Waals surface area contributed by atoms with Gasteiger partial charge in [-0.2, -0.15) is 0 Å². The highest BCUT2D eigenvalue weighted by atomic mass is 16.3. The molecular formula is C20H28O3. The van der Waals surface area contributed by atoms with E-state index in [4.69, 9.17) is 0 Å². The van der Waals surface area contributed by atoms with Crippen molar-refractivity contribution in [2.45, 2.75) is 64.9 Å². The number of aliphatic hydroxyl groups excluding tert-OH is 1. The monoisotopic (exact) mass is 316 g/mol. The predicted octanol–water partition coefficient (Wildman–Crippen LogP) is 3.30. The summed E-state index contributed by atoms with van der Waals surface area (Å²) in [6.45, 7) is 4.33. The van der Waals surface area contributed by atoms with Gasteiger partial charge in [0, 0.05) is 11.8 Å². The van der Waals surface area contributed by atoms with Crippen molar-refractivity contribution >= 4 is 12.1 Å². The second kappa shape index (κ2) is 5.02. The molecule has 0 aromatic carbocycles. The molecule has 0 aliphatic heterocycles. The topological polar surface area (TPSA) is 54.4 Å². The number of allylic oxidation sites excluding steroid dienone is 2. The van der Waals surface area contributed by atoms with Crippen molar-refractivity contribution in [1.82, 2.24) is 0 Å². The summed E-state index contributed by atoms with van der Waals surface area (Å²) >= 11 is 0. The fourth-order valence-corrected chi connectivity index (χ4v) is 6.47. The van der Waals surface area contributed by atoms with Crippen molar-refractivity contribution < 1.29 is 14.7 Å². The Kier molecular flexibility index (Phi) is 3.39. The lowest BCUT2D eigenvalue weighted by Crippen LogP contribution is -2.57. The van der Waals surface area contributed by atoms with Crippen LogP contribution in [-0.4, -0.2) is 23.3 Å². The van der Waals surface area contributed by atoms with Crippen LogP contribution in [0.5, 0.6) is 0 Å². The molecule has 3 saturated carbocycles. The van der Waals surface area contributed by atoms with Crippen LogP contribution in [0.3, 0.4) is 0 Å². The van der Waals surface area contributed by atoms with Gasteiger partial charge in [-0.15, -0.1) is 0 Å².